The first-order valence-corrected chi connectivity index (χ1v) is 8.61. The molecule has 0 bridgehead atoms. The van der Waals surface area contributed by atoms with E-state index >= 15 is 0 Å². The van der Waals surface area contributed by atoms with Crippen LogP contribution < -0.4 is 10.2 Å². The van der Waals surface area contributed by atoms with Crippen molar-refractivity contribution in [2.45, 2.75) is 65.1 Å². The third kappa shape index (κ3) is 4.37. The van der Waals surface area contributed by atoms with E-state index in [2.05, 4.69) is 56.2 Å². The normalized spacial score (nSPS) is 22.6. The van der Waals surface area contributed by atoms with Gasteiger partial charge >= 0.3 is 0 Å². The fraction of sp³-hybridized carbons (Fsp3) is 0.667. The van der Waals surface area contributed by atoms with Crippen molar-refractivity contribution in [3.63, 3.8) is 0 Å². The lowest BCUT2D eigenvalue weighted by Gasteiger charge is -2.38. The Morgan fingerprint density at radius 3 is 2.62 bits per heavy atom. The van der Waals surface area contributed by atoms with Gasteiger partial charge in [-0.05, 0) is 36.5 Å². The maximum absolute atomic E-state index is 6.54. The number of hydrogen-bond donors (Lipinski definition) is 1. The maximum Gasteiger partial charge on any atom is 0.0642 e. The van der Waals surface area contributed by atoms with Crippen molar-refractivity contribution in [3.8, 4) is 0 Å². The van der Waals surface area contributed by atoms with E-state index in [1.807, 2.05) is 0 Å². The smallest absolute Gasteiger partial charge is 0.0642 e. The summed E-state index contributed by atoms with van der Waals surface area (Å²) in [6.45, 7) is 7.57. The summed E-state index contributed by atoms with van der Waals surface area (Å²) >= 11 is 6.54. The Kier molecular flexibility index (Phi) is 5.95. The van der Waals surface area contributed by atoms with Gasteiger partial charge < -0.3 is 10.2 Å². The molecule has 1 aliphatic rings. The molecular formula is C18H29ClN2. The Balaban J connectivity index is 2.08. The van der Waals surface area contributed by atoms with Gasteiger partial charge in [-0.2, -0.15) is 0 Å². The van der Waals surface area contributed by atoms with Crippen molar-refractivity contribution >= 4 is 17.3 Å². The van der Waals surface area contributed by atoms with Crippen LogP contribution in [-0.2, 0) is 6.54 Å². The van der Waals surface area contributed by atoms with Gasteiger partial charge in [0.05, 0.1) is 10.7 Å². The summed E-state index contributed by atoms with van der Waals surface area (Å²) in [4.78, 5) is 2.39. The molecule has 0 radical (unpaired) electrons. The molecule has 118 valence electrons. The van der Waals surface area contributed by atoms with Crippen molar-refractivity contribution in [3.05, 3.63) is 28.8 Å². The Morgan fingerprint density at radius 2 is 2.00 bits per heavy atom. The van der Waals surface area contributed by atoms with Crippen LogP contribution >= 0.6 is 11.6 Å². The molecule has 1 N–H and O–H groups in total. The highest BCUT2D eigenvalue weighted by atomic mass is 35.5. The molecule has 2 atom stereocenters. The minimum atomic E-state index is 0.495. The van der Waals surface area contributed by atoms with Crippen molar-refractivity contribution in [2.75, 3.05) is 11.9 Å². The van der Waals surface area contributed by atoms with E-state index in [1.165, 1.54) is 36.9 Å². The first-order chi connectivity index (χ1) is 9.99. The summed E-state index contributed by atoms with van der Waals surface area (Å²) < 4.78 is 0. The summed E-state index contributed by atoms with van der Waals surface area (Å²) in [5, 5.41) is 4.31. The number of hydrogen-bond acceptors (Lipinski definition) is 2. The van der Waals surface area contributed by atoms with Crippen LogP contribution in [-0.4, -0.2) is 19.1 Å². The molecule has 1 aromatic carbocycles. The minimum Gasteiger partial charge on any atom is -0.370 e. The van der Waals surface area contributed by atoms with E-state index in [0.717, 1.165) is 17.5 Å². The molecule has 0 aromatic heterocycles. The Labute approximate surface area is 134 Å². The van der Waals surface area contributed by atoms with Gasteiger partial charge in [-0.1, -0.05) is 51.3 Å². The first kappa shape index (κ1) is 16.6. The van der Waals surface area contributed by atoms with E-state index < -0.39 is 0 Å². The lowest BCUT2D eigenvalue weighted by Crippen LogP contribution is -2.39. The van der Waals surface area contributed by atoms with Crippen LogP contribution in [0.4, 0.5) is 5.69 Å². The Hall–Kier alpha value is -0.730. The Morgan fingerprint density at radius 1 is 1.29 bits per heavy atom. The fourth-order valence-corrected chi connectivity index (χ4v) is 3.66. The van der Waals surface area contributed by atoms with Crippen LogP contribution in [0.25, 0.3) is 0 Å². The number of halogens is 1. The molecule has 21 heavy (non-hydrogen) atoms. The molecule has 0 aliphatic heterocycles. The number of benzene rings is 1. The van der Waals surface area contributed by atoms with Crippen molar-refractivity contribution in [1.29, 1.82) is 0 Å². The standard InChI is InChI=1S/C18H29ClN2/c1-13(2)20-12-15-9-10-18(16(19)11-15)21(4)17-8-6-5-7-14(17)3/h9-11,13-14,17,20H,5-8,12H2,1-4H3. The zero-order valence-electron chi connectivity index (χ0n) is 13.8. The van der Waals surface area contributed by atoms with Crippen LogP contribution in [0, 0.1) is 5.92 Å². The molecule has 1 fully saturated rings. The summed E-state index contributed by atoms with van der Waals surface area (Å²) in [5.74, 6) is 0.752. The maximum atomic E-state index is 6.54. The lowest BCUT2D eigenvalue weighted by atomic mass is 9.85. The second-order valence-electron chi connectivity index (χ2n) is 6.76. The highest BCUT2D eigenvalue weighted by Crippen LogP contribution is 2.34. The van der Waals surface area contributed by atoms with Crippen molar-refractivity contribution in [2.24, 2.45) is 5.92 Å². The van der Waals surface area contributed by atoms with Gasteiger partial charge in [0.2, 0.25) is 0 Å². The van der Waals surface area contributed by atoms with Crippen molar-refractivity contribution in [1.82, 2.24) is 5.32 Å². The molecule has 0 spiro atoms. The van der Waals surface area contributed by atoms with Crippen LogP contribution in [0.15, 0.2) is 18.2 Å². The minimum absolute atomic E-state index is 0.495. The van der Waals surface area contributed by atoms with Gasteiger partial charge in [-0.25, -0.2) is 0 Å². The van der Waals surface area contributed by atoms with E-state index in [0.29, 0.717) is 12.1 Å². The fourth-order valence-electron chi connectivity index (χ4n) is 3.32. The van der Waals surface area contributed by atoms with Gasteiger partial charge in [0.15, 0.2) is 0 Å². The van der Waals surface area contributed by atoms with Crippen LogP contribution in [0.5, 0.6) is 0 Å². The summed E-state index contributed by atoms with van der Waals surface area (Å²) in [5.41, 5.74) is 2.42. The molecule has 2 unspecified atom stereocenters. The third-order valence-electron chi connectivity index (χ3n) is 4.67. The molecule has 0 saturated heterocycles. The third-order valence-corrected chi connectivity index (χ3v) is 4.97. The summed E-state index contributed by atoms with van der Waals surface area (Å²) in [6.07, 6.45) is 5.33. The lowest BCUT2D eigenvalue weighted by molar-refractivity contribution is 0.321. The second-order valence-corrected chi connectivity index (χ2v) is 7.17. The topological polar surface area (TPSA) is 15.3 Å². The molecule has 0 amide bonds. The average molecular weight is 309 g/mol. The van der Waals surface area contributed by atoms with Gasteiger partial charge in [-0.3, -0.25) is 0 Å². The predicted molar refractivity (Wildman–Crippen MR) is 93.3 cm³/mol. The van der Waals surface area contributed by atoms with E-state index in [4.69, 9.17) is 11.6 Å². The van der Waals surface area contributed by atoms with E-state index in [1.54, 1.807) is 0 Å². The zero-order valence-corrected chi connectivity index (χ0v) is 14.6. The number of nitrogens with one attached hydrogen (secondary N) is 1. The molecule has 2 rings (SSSR count). The number of rotatable bonds is 5. The largest absolute Gasteiger partial charge is 0.370 e. The molecule has 1 saturated carbocycles. The molecule has 0 heterocycles. The summed E-state index contributed by atoms with van der Waals surface area (Å²) in [6, 6.07) is 7.60. The van der Waals surface area contributed by atoms with Crippen molar-refractivity contribution < 1.29 is 0 Å². The van der Waals surface area contributed by atoms with E-state index in [9.17, 15) is 0 Å². The molecule has 3 heteroatoms. The van der Waals surface area contributed by atoms with Gasteiger partial charge in [0.25, 0.3) is 0 Å². The van der Waals surface area contributed by atoms with Crippen LogP contribution in [0.1, 0.15) is 52.0 Å². The number of anilines is 1. The molecule has 2 nitrogen and oxygen atoms in total. The quantitative estimate of drug-likeness (QED) is 0.836. The highest BCUT2D eigenvalue weighted by Gasteiger charge is 2.26. The summed E-state index contributed by atoms with van der Waals surface area (Å²) in [7, 11) is 2.19. The Bertz CT molecular complexity index is 459. The van der Waals surface area contributed by atoms with E-state index in [-0.39, 0.29) is 0 Å². The highest BCUT2D eigenvalue weighted by molar-refractivity contribution is 6.33. The SMILES string of the molecule is CC(C)NCc1ccc(N(C)C2CCCCC2C)c(Cl)c1. The first-order valence-electron chi connectivity index (χ1n) is 8.23. The van der Waals surface area contributed by atoms with Crippen LogP contribution in [0.3, 0.4) is 0 Å². The van der Waals surface area contributed by atoms with Crippen LogP contribution in [0.2, 0.25) is 5.02 Å². The predicted octanol–water partition coefficient (Wildman–Crippen LogP) is 4.85. The van der Waals surface area contributed by atoms with Gasteiger partial charge in [0.1, 0.15) is 0 Å². The van der Waals surface area contributed by atoms with Gasteiger partial charge in [0, 0.05) is 25.7 Å². The molecule has 1 aromatic rings. The zero-order chi connectivity index (χ0) is 15.4. The monoisotopic (exact) mass is 308 g/mol. The molecule has 1 aliphatic carbocycles. The molecular weight excluding hydrogens is 280 g/mol. The second kappa shape index (κ2) is 7.51. The number of nitrogens with zero attached hydrogens (tertiary/aromatic N) is 1. The average Bonchev–Trinajstić information content (AvgIpc) is 2.45. The van der Waals surface area contributed by atoms with Gasteiger partial charge in [-0.15, -0.1) is 0 Å².